The van der Waals surface area contributed by atoms with Gasteiger partial charge < -0.3 is 0 Å². The molecule has 0 fully saturated rings. The van der Waals surface area contributed by atoms with Crippen LogP contribution in [0.4, 0.5) is 0 Å². The van der Waals surface area contributed by atoms with E-state index < -0.39 is 20.5 Å². The van der Waals surface area contributed by atoms with Gasteiger partial charge in [0.25, 0.3) is 0 Å². The molecular formula is C3H3Cl3O2S. The van der Waals surface area contributed by atoms with Crippen molar-refractivity contribution in [1.82, 2.24) is 0 Å². The van der Waals surface area contributed by atoms with Crippen molar-refractivity contribution in [2.45, 2.75) is 10.2 Å². The largest absolute Gasteiger partial charge is 0.211 e. The van der Waals surface area contributed by atoms with Crippen molar-refractivity contribution in [3.63, 3.8) is 0 Å². The maximum absolute atomic E-state index is 9.86. The molecule has 0 heterocycles. The topological polar surface area (TPSA) is 34.1 Å². The van der Waals surface area contributed by atoms with Gasteiger partial charge in [-0.05, 0) is 0 Å². The van der Waals surface area contributed by atoms with Crippen LogP contribution in [-0.4, -0.2) is 24.0 Å². The Bertz CT molecular complexity index is 187. The molecular weight excluding hydrogens is 206 g/mol. The Balaban J connectivity index is 4.08. The first-order valence-electron chi connectivity index (χ1n) is 1.89. The lowest BCUT2D eigenvalue weighted by molar-refractivity contribution is 0.627. The first kappa shape index (κ1) is 9.56. The maximum Gasteiger partial charge on any atom is 0.211 e. The van der Waals surface area contributed by atoms with Gasteiger partial charge in [-0.3, -0.25) is 0 Å². The zero-order chi connectivity index (χ0) is 7.44. The van der Waals surface area contributed by atoms with Crippen LogP contribution in [0.15, 0.2) is 0 Å². The van der Waals surface area contributed by atoms with Crippen LogP contribution in [0.25, 0.3) is 0 Å². The average molecular weight is 209 g/mol. The highest BCUT2D eigenvalue weighted by molar-refractivity contribution is 7.71. The highest BCUT2D eigenvalue weighted by Gasteiger charge is 2.10. The molecule has 0 aromatic rings. The average Bonchev–Trinajstić information content (AvgIpc) is 1.63. The number of hydrogen-bond acceptors (Lipinski definition) is 2. The van der Waals surface area contributed by atoms with Gasteiger partial charge in [-0.15, -0.1) is 34.8 Å². The van der Waals surface area contributed by atoms with Gasteiger partial charge >= 0.3 is 0 Å². The molecule has 6 heteroatoms. The van der Waals surface area contributed by atoms with E-state index in [4.69, 9.17) is 34.8 Å². The van der Waals surface area contributed by atoms with Crippen molar-refractivity contribution in [2.75, 3.05) is 0 Å². The van der Waals surface area contributed by atoms with Crippen LogP contribution in [0.1, 0.15) is 0 Å². The van der Waals surface area contributed by atoms with E-state index in [1.165, 1.54) is 0 Å². The van der Waals surface area contributed by atoms with Crippen LogP contribution in [0, 0.1) is 0 Å². The summed E-state index contributed by atoms with van der Waals surface area (Å²) in [5, 5.41) is -0.0154. The van der Waals surface area contributed by atoms with Gasteiger partial charge in [-0.25, -0.2) is 0 Å². The van der Waals surface area contributed by atoms with Gasteiger partial charge in [0.1, 0.15) is 4.84 Å². The van der Waals surface area contributed by atoms with E-state index in [1.807, 2.05) is 0 Å². The Labute approximate surface area is 69.2 Å². The molecule has 0 aliphatic carbocycles. The van der Waals surface area contributed by atoms with Crippen molar-refractivity contribution in [2.24, 2.45) is 0 Å². The molecule has 9 heavy (non-hydrogen) atoms. The molecule has 0 amide bonds. The molecule has 0 N–H and O–H groups in total. The molecule has 0 aliphatic heterocycles. The second kappa shape index (κ2) is 4.39. The summed E-state index contributed by atoms with van der Waals surface area (Å²) in [7, 11) is -2.29. The highest BCUT2D eigenvalue weighted by Crippen LogP contribution is 2.11. The molecule has 0 spiro atoms. The summed E-state index contributed by atoms with van der Waals surface area (Å²) in [4.78, 5) is -0.885. The summed E-state index contributed by atoms with van der Waals surface area (Å²) in [6, 6.07) is 0. The van der Waals surface area contributed by atoms with Crippen LogP contribution in [0.2, 0.25) is 0 Å². The Morgan fingerprint density at radius 1 is 1.22 bits per heavy atom. The van der Waals surface area contributed by atoms with E-state index in [1.54, 1.807) is 0 Å². The second-order valence-electron chi connectivity index (χ2n) is 1.18. The van der Waals surface area contributed by atoms with Crippen LogP contribution in [0.5, 0.6) is 0 Å². The van der Waals surface area contributed by atoms with Crippen molar-refractivity contribution in [3.05, 3.63) is 0 Å². The molecule has 0 aromatic carbocycles. The minimum atomic E-state index is -2.29. The molecule has 0 bridgehead atoms. The number of hydrogen-bond donors (Lipinski definition) is 0. The zero-order valence-electron chi connectivity index (χ0n) is 4.09. The molecule has 0 rings (SSSR count). The normalized spacial score (nSPS) is 13.3. The van der Waals surface area contributed by atoms with Gasteiger partial charge in [0.05, 0.1) is 10.7 Å². The van der Waals surface area contributed by atoms with E-state index in [9.17, 15) is 8.42 Å². The third kappa shape index (κ3) is 5.03. The number of rotatable bonds is 2. The summed E-state index contributed by atoms with van der Waals surface area (Å²) >= 11 is 15.7. The predicted molar refractivity (Wildman–Crippen MR) is 40.1 cm³/mol. The van der Waals surface area contributed by atoms with Gasteiger partial charge in [0.15, 0.2) is 0 Å². The summed E-state index contributed by atoms with van der Waals surface area (Å²) in [5.74, 6) is 0. The van der Waals surface area contributed by atoms with Gasteiger partial charge in [0, 0.05) is 0 Å². The number of alkyl halides is 3. The Morgan fingerprint density at radius 2 is 1.67 bits per heavy atom. The molecule has 1 atom stereocenters. The van der Waals surface area contributed by atoms with Gasteiger partial charge in [-0.1, -0.05) is 0 Å². The minimum absolute atomic E-state index is 0.826. The van der Waals surface area contributed by atoms with E-state index >= 15 is 0 Å². The second-order valence-corrected chi connectivity index (χ2v) is 3.64. The molecule has 0 saturated heterocycles. The fraction of sp³-hybridized carbons (Fsp3) is 0.667. The van der Waals surface area contributed by atoms with Crippen molar-refractivity contribution in [3.8, 4) is 0 Å². The number of halogens is 3. The summed E-state index contributed by atoms with van der Waals surface area (Å²) in [5.41, 5.74) is 0. The van der Waals surface area contributed by atoms with Crippen molar-refractivity contribution >= 4 is 50.5 Å². The fourth-order valence-corrected chi connectivity index (χ4v) is 1.10. The van der Waals surface area contributed by atoms with Gasteiger partial charge in [-0.2, -0.15) is 8.42 Å². The van der Waals surface area contributed by atoms with E-state index in [2.05, 4.69) is 0 Å². The van der Waals surface area contributed by atoms with Crippen molar-refractivity contribution < 1.29 is 8.42 Å². The minimum Gasteiger partial charge on any atom is -0.185 e. The van der Waals surface area contributed by atoms with Crippen LogP contribution < -0.4 is 0 Å². The Hall–Kier alpha value is 0.560. The quantitative estimate of drug-likeness (QED) is 0.504. The molecule has 0 aromatic heterocycles. The standard InChI is InChI=1S/C3H3Cl3O2S/c4-2(3(5)6)1-9(7)8/h1-3H. The fourth-order valence-electron chi connectivity index (χ4n) is 0.166. The Kier molecular flexibility index (Phi) is 4.66. The molecule has 2 nitrogen and oxygen atoms in total. The zero-order valence-corrected chi connectivity index (χ0v) is 7.17. The lowest BCUT2D eigenvalue weighted by Gasteiger charge is -1.98. The van der Waals surface area contributed by atoms with E-state index in [0.717, 1.165) is 5.37 Å². The highest BCUT2D eigenvalue weighted by atomic mass is 35.5. The lowest BCUT2D eigenvalue weighted by Crippen LogP contribution is -2.09. The summed E-state index contributed by atoms with van der Waals surface area (Å²) < 4.78 is 19.7. The van der Waals surface area contributed by atoms with Crippen LogP contribution in [0.3, 0.4) is 0 Å². The van der Waals surface area contributed by atoms with E-state index in [-0.39, 0.29) is 0 Å². The molecule has 0 saturated carbocycles. The summed E-state index contributed by atoms with van der Waals surface area (Å²) in [6.45, 7) is 0. The predicted octanol–water partition coefficient (Wildman–Crippen LogP) is 1.08. The monoisotopic (exact) mass is 208 g/mol. The van der Waals surface area contributed by atoms with Gasteiger partial charge in [0.2, 0.25) is 10.3 Å². The smallest absolute Gasteiger partial charge is 0.185 e. The van der Waals surface area contributed by atoms with Crippen LogP contribution in [-0.2, 0) is 10.3 Å². The molecule has 0 aliphatic rings. The maximum atomic E-state index is 9.86. The molecule has 1 unspecified atom stereocenters. The first-order chi connectivity index (χ1) is 4.04. The lowest BCUT2D eigenvalue weighted by atomic mass is 10.6. The Morgan fingerprint density at radius 3 is 1.78 bits per heavy atom. The molecule has 54 valence electrons. The first-order valence-corrected chi connectivity index (χ1v) is 4.34. The molecule has 0 radical (unpaired) electrons. The van der Waals surface area contributed by atoms with Crippen LogP contribution >= 0.6 is 34.8 Å². The van der Waals surface area contributed by atoms with E-state index in [0.29, 0.717) is 0 Å². The summed E-state index contributed by atoms with van der Waals surface area (Å²) in [6.07, 6.45) is 0. The SMILES string of the molecule is O=S(=O)=CC(Cl)C(Cl)Cl. The van der Waals surface area contributed by atoms with Crippen molar-refractivity contribution in [1.29, 1.82) is 0 Å². The third-order valence-electron chi connectivity index (χ3n) is 0.482. The third-order valence-corrected chi connectivity index (χ3v) is 2.33.